The zero-order valence-electron chi connectivity index (χ0n) is 10.4. The van der Waals surface area contributed by atoms with E-state index in [0.717, 1.165) is 0 Å². The summed E-state index contributed by atoms with van der Waals surface area (Å²) in [5.41, 5.74) is 0.451. The standard InChI is InChI=1S/C12H17NO4S/c1-3-18(16,17)11-7-5-4-6-10(11)13-8-9(2)12(14)15/h4-7,9,13H,3,8H2,1-2H3,(H,14,15). The van der Waals surface area contributed by atoms with E-state index in [2.05, 4.69) is 5.32 Å². The van der Waals surface area contributed by atoms with Crippen molar-refractivity contribution < 1.29 is 18.3 Å². The van der Waals surface area contributed by atoms with Crippen LogP contribution in [0.5, 0.6) is 0 Å². The van der Waals surface area contributed by atoms with Gasteiger partial charge in [0.15, 0.2) is 9.84 Å². The molecule has 0 amide bonds. The van der Waals surface area contributed by atoms with Crippen LogP contribution in [0.25, 0.3) is 0 Å². The van der Waals surface area contributed by atoms with Crippen LogP contribution in [0.3, 0.4) is 0 Å². The van der Waals surface area contributed by atoms with Crippen LogP contribution in [0.4, 0.5) is 5.69 Å². The number of carboxylic acid groups (broad SMARTS) is 1. The third-order valence-corrected chi connectivity index (χ3v) is 4.41. The Labute approximate surface area is 107 Å². The topological polar surface area (TPSA) is 83.5 Å². The van der Waals surface area contributed by atoms with E-state index in [1.807, 2.05) is 0 Å². The van der Waals surface area contributed by atoms with Crippen molar-refractivity contribution in [2.24, 2.45) is 5.92 Å². The van der Waals surface area contributed by atoms with Crippen molar-refractivity contribution >= 4 is 21.5 Å². The van der Waals surface area contributed by atoms with Crippen LogP contribution < -0.4 is 5.32 Å². The SMILES string of the molecule is CCS(=O)(=O)c1ccccc1NCC(C)C(=O)O. The highest BCUT2D eigenvalue weighted by atomic mass is 32.2. The van der Waals surface area contributed by atoms with Gasteiger partial charge in [0, 0.05) is 6.54 Å². The smallest absolute Gasteiger partial charge is 0.308 e. The molecule has 0 spiro atoms. The Balaban J connectivity index is 2.94. The number of carboxylic acids is 1. The molecule has 18 heavy (non-hydrogen) atoms. The van der Waals surface area contributed by atoms with Gasteiger partial charge < -0.3 is 10.4 Å². The summed E-state index contributed by atoms with van der Waals surface area (Å²) in [6.45, 7) is 3.32. The minimum Gasteiger partial charge on any atom is -0.481 e. The van der Waals surface area contributed by atoms with Crippen LogP contribution in [-0.4, -0.2) is 31.8 Å². The first-order chi connectivity index (χ1) is 8.38. The van der Waals surface area contributed by atoms with Gasteiger partial charge in [-0.3, -0.25) is 4.79 Å². The molecule has 0 heterocycles. The van der Waals surface area contributed by atoms with E-state index >= 15 is 0 Å². The van der Waals surface area contributed by atoms with Gasteiger partial charge in [-0.05, 0) is 12.1 Å². The number of anilines is 1. The lowest BCUT2D eigenvalue weighted by Crippen LogP contribution is -2.20. The quantitative estimate of drug-likeness (QED) is 0.821. The van der Waals surface area contributed by atoms with Crippen molar-refractivity contribution in [3.8, 4) is 0 Å². The van der Waals surface area contributed by atoms with E-state index in [1.54, 1.807) is 32.0 Å². The van der Waals surface area contributed by atoms with Crippen LogP contribution in [-0.2, 0) is 14.6 Å². The first kappa shape index (κ1) is 14.5. The predicted octanol–water partition coefficient (Wildman–Crippen LogP) is 1.61. The molecule has 100 valence electrons. The van der Waals surface area contributed by atoms with Gasteiger partial charge in [-0.2, -0.15) is 0 Å². The first-order valence-corrected chi connectivity index (χ1v) is 7.32. The van der Waals surface area contributed by atoms with E-state index < -0.39 is 21.7 Å². The fourth-order valence-corrected chi connectivity index (χ4v) is 2.46. The molecule has 0 saturated carbocycles. The molecular formula is C12H17NO4S. The molecule has 1 unspecified atom stereocenters. The van der Waals surface area contributed by atoms with E-state index in [1.165, 1.54) is 6.07 Å². The lowest BCUT2D eigenvalue weighted by molar-refractivity contribution is -0.140. The van der Waals surface area contributed by atoms with Crippen LogP contribution in [0.15, 0.2) is 29.2 Å². The monoisotopic (exact) mass is 271 g/mol. The Morgan fingerprint density at radius 2 is 2.00 bits per heavy atom. The molecule has 0 aliphatic rings. The van der Waals surface area contributed by atoms with Gasteiger partial charge in [0.05, 0.1) is 22.3 Å². The number of rotatable bonds is 6. The fraction of sp³-hybridized carbons (Fsp3) is 0.417. The minimum absolute atomic E-state index is 0.0141. The van der Waals surface area contributed by atoms with E-state index in [4.69, 9.17) is 5.11 Å². The van der Waals surface area contributed by atoms with Crippen molar-refractivity contribution in [2.45, 2.75) is 18.7 Å². The molecule has 1 rings (SSSR count). The molecule has 2 N–H and O–H groups in total. The molecule has 0 aromatic heterocycles. The number of hydrogen-bond donors (Lipinski definition) is 2. The molecule has 0 aliphatic carbocycles. The van der Waals surface area contributed by atoms with Gasteiger partial charge in [0.2, 0.25) is 0 Å². The van der Waals surface area contributed by atoms with Gasteiger partial charge in [-0.25, -0.2) is 8.42 Å². The third-order valence-electron chi connectivity index (χ3n) is 2.62. The zero-order valence-corrected chi connectivity index (χ0v) is 11.2. The highest BCUT2D eigenvalue weighted by Crippen LogP contribution is 2.22. The summed E-state index contributed by atoms with van der Waals surface area (Å²) < 4.78 is 23.7. The highest BCUT2D eigenvalue weighted by molar-refractivity contribution is 7.91. The summed E-state index contributed by atoms with van der Waals surface area (Å²) >= 11 is 0. The highest BCUT2D eigenvalue weighted by Gasteiger charge is 2.17. The number of aliphatic carboxylic acids is 1. The van der Waals surface area contributed by atoms with Crippen molar-refractivity contribution in [3.63, 3.8) is 0 Å². The molecular weight excluding hydrogens is 254 g/mol. The second-order valence-electron chi connectivity index (χ2n) is 4.02. The molecule has 1 aromatic rings. The van der Waals surface area contributed by atoms with Crippen LogP contribution in [0.2, 0.25) is 0 Å². The fourth-order valence-electron chi connectivity index (χ4n) is 1.39. The Hall–Kier alpha value is -1.56. The number of nitrogens with one attached hydrogen (secondary N) is 1. The molecule has 0 aliphatic heterocycles. The van der Waals surface area contributed by atoms with E-state index in [-0.39, 0.29) is 17.2 Å². The number of benzene rings is 1. The Bertz CT molecular complexity index is 525. The lowest BCUT2D eigenvalue weighted by atomic mass is 10.2. The molecule has 5 nitrogen and oxygen atoms in total. The van der Waals surface area contributed by atoms with Gasteiger partial charge in [0.1, 0.15) is 0 Å². The van der Waals surface area contributed by atoms with Crippen molar-refractivity contribution in [2.75, 3.05) is 17.6 Å². The number of para-hydroxylation sites is 1. The van der Waals surface area contributed by atoms with Crippen molar-refractivity contribution in [1.29, 1.82) is 0 Å². The molecule has 0 bridgehead atoms. The molecule has 0 saturated heterocycles. The molecule has 1 atom stereocenters. The number of hydrogen-bond acceptors (Lipinski definition) is 4. The number of carbonyl (C=O) groups is 1. The Morgan fingerprint density at radius 1 is 1.39 bits per heavy atom. The van der Waals surface area contributed by atoms with Gasteiger partial charge >= 0.3 is 5.97 Å². The molecule has 6 heteroatoms. The predicted molar refractivity (Wildman–Crippen MR) is 69.5 cm³/mol. The second kappa shape index (κ2) is 5.86. The summed E-state index contributed by atoms with van der Waals surface area (Å²) in [5.74, 6) is -1.49. The average molecular weight is 271 g/mol. The summed E-state index contributed by atoms with van der Waals surface area (Å²) in [4.78, 5) is 10.9. The van der Waals surface area contributed by atoms with E-state index in [0.29, 0.717) is 5.69 Å². The zero-order chi connectivity index (χ0) is 13.8. The van der Waals surface area contributed by atoms with Gasteiger partial charge in [-0.15, -0.1) is 0 Å². The van der Waals surface area contributed by atoms with Crippen LogP contribution in [0, 0.1) is 5.92 Å². The largest absolute Gasteiger partial charge is 0.481 e. The summed E-state index contributed by atoms with van der Waals surface area (Å²) in [7, 11) is -3.31. The Morgan fingerprint density at radius 3 is 2.56 bits per heavy atom. The van der Waals surface area contributed by atoms with Crippen LogP contribution >= 0.6 is 0 Å². The molecule has 1 aromatic carbocycles. The van der Waals surface area contributed by atoms with Crippen molar-refractivity contribution in [1.82, 2.24) is 0 Å². The molecule has 0 fully saturated rings. The average Bonchev–Trinajstić information content (AvgIpc) is 2.36. The number of sulfone groups is 1. The first-order valence-electron chi connectivity index (χ1n) is 5.67. The minimum atomic E-state index is -3.31. The summed E-state index contributed by atoms with van der Waals surface area (Å²) in [6.07, 6.45) is 0. The van der Waals surface area contributed by atoms with E-state index in [9.17, 15) is 13.2 Å². The summed E-state index contributed by atoms with van der Waals surface area (Å²) in [5, 5.41) is 11.7. The van der Waals surface area contributed by atoms with Gasteiger partial charge in [-0.1, -0.05) is 26.0 Å². The maximum Gasteiger partial charge on any atom is 0.308 e. The maximum atomic E-state index is 11.8. The maximum absolute atomic E-state index is 11.8. The van der Waals surface area contributed by atoms with Gasteiger partial charge in [0.25, 0.3) is 0 Å². The second-order valence-corrected chi connectivity index (χ2v) is 6.27. The Kier molecular flexibility index (Phi) is 4.72. The normalized spacial score (nSPS) is 13.0. The molecule has 0 radical (unpaired) electrons. The lowest BCUT2D eigenvalue weighted by Gasteiger charge is -2.13. The van der Waals surface area contributed by atoms with Crippen molar-refractivity contribution in [3.05, 3.63) is 24.3 Å². The third kappa shape index (κ3) is 3.46. The van der Waals surface area contributed by atoms with Crippen LogP contribution in [0.1, 0.15) is 13.8 Å². The summed E-state index contributed by atoms with van der Waals surface area (Å²) in [6, 6.07) is 6.51.